The number of fused-ring (bicyclic) bond motifs is 1. The molecule has 0 fully saturated rings. The summed E-state index contributed by atoms with van der Waals surface area (Å²) in [7, 11) is 0. The van der Waals surface area contributed by atoms with Gasteiger partial charge in [0.25, 0.3) is 0 Å². The molecule has 5 nitrogen and oxygen atoms in total. The van der Waals surface area contributed by atoms with Crippen molar-refractivity contribution in [1.29, 1.82) is 0 Å². The van der Waals surface area contributed by atoms with Gasteiger partial charge in [0.1, 0.15) is 0 Å². The summed E-state index contributed by atoms with van der Waals surface area (Å²) < 4.78 is 102. The summed E-state index contributed by atoms with van der Waals surface area (Å²) in [6.07, 6.45) is -11.5. The van der Waals surface area contributed by atoms with Crippen molar-refractivity contribution in [3.63, 3.8) is 0 Å². The van der Waals surface area contributed by atoms with Gasteiger partial charge in [-0.25, -0.2) is 9.97 Å². The van der Waals surface area contributed by atoms with Crippen LogP contribution in [0.2, 0.25) is 0 Å². The fraction of sp³-hybridized carbons (Fsp3) is 0.357. The Morgan fingerprint density at radius 2 is 1.67 bits per heavy atom. The lowest BCUT2D eigenvalue weighted by Crippen LogP contribution is -2.36. The number of aryl methyl sites for hydroxylation is 1. The van der Waals surface area contributed by atoms with E-state index in [1.165, 1.54) is 28.8 Å². The molecule has 3 heterocycles. The summed E-state index contributed by atoms with van der Waals surface area (Å²) in [6.45, 7) is 0. The number of halogens is 8. The number of hydrogen-bond donors (Lipinski definition) is 1. The number of pyridine rings is 1. The molecule has 0 aromatic carbocycles. The van der Waals surface area contributed by atoms with E-state index in [2.05, 4.69) is 15.1 Å². The quantitative estimate of drug-likeness (QED) is 0.667. The van der Waals surface area contributed by atoms with Gasteiger partial charge in [-0.2, -0.15) is 35.1 Å². The van der Waals surface area contributed by atoms with Gasteiger partial charge in [0.15, 0.2) is 5.82 Å². The Labute approximate surface area is 145 Å². The summed E-state index contributed by atoms with van der Waals surface area (Å²) in [5.41, 5.74) is 0.0108. The monoisotopic (exact) mass is 399 g/mol. The normalized spacial score (nSPS) is 13.5. The SMILES string of the molecule is FC(F)(F)c1nc(-c2nc(CCC(F)(F)C(F)(F)F)c3ccccn23)n[nH]1. The number of hydrogen-bond acceptors (Lipinski definition) is 3. The van der Waals surface area contributed by atoms with Crippen LogP contribution >= 0.6 is 0 Å². The number of imidazole rings is 1. The van der Waals surface area contributed by atoms with Gasteiger partial charge in [-0.1, -0.05) is 6.07 Å². The molecule has 1 N–H and O–H groups in total. The van der Waals surface area contributed by atoms with Crippen LogP contribution in [0.25, 0.3) is 17.2 Å². The van der Waals surface area contributed by atoms with E-state index in [4.69, 9.17) is 0 Å². The third kappa shape index (κ3) is 3.57. The first kappa shape index (κ1) is 19.0. The summed E-state index contributed by atoms with van der Waals surface area (Å²) in [6, 6.07) is 4.34. The second kappa shape index (κ2) is 6.16. The van der Waals surface area contributed by atoms with Crippen molar-refractivity contribution < 1.29 is 35.1 Å². The molecule has 13 heteroatoms. The highest BCUT2D eigenvalue weighted by molar-refractivity contribution is 5.61. The third-order valence-corrected chi connectivity index (χ3v) is 3.67. The minimum absolute atomic E-state index is 0.145. The van der Waals surface area contributed by atoms with Crippen LogP contribution in [0.1, 0.15) is 17.9 Å². The highest BCUT2D eigenvalue weighted by Crippen LogP contribution is 2.39. The first-order valence-corrected chi connectivity index (χ1v) is 7.30. The lowest BCUT2D eigenvalue weighted by molar-refractivity contribution is -0.284. The summed E-state index contributed by atoms with van der Waals surface area (Å²) in [5.74, 6) is -7.01. The Morgan fingerprint density at radius 1 is 0.963 bits per heavy atom. The summed E-state index contributed by atoms with van der Waals surface area (Å²) in [5, 5.41) is 5.08. The molecular weight excluding hydrogens is 390 g/mol. The highest BCUT2D eigenvalue weighted by atomic mass is 19.4. The Morgan fingerprint density at radius 3 is 2.26 bits per heavy atom. The van der Waals surface area contributed by atoms with Crippen LogP contribution < -0.4 is 0 Å². The molecule has 146 valence electrons. The van der Waals surface area contributed by atoms with Crippen LogP contribution in [0.15, 0.2) is 24.4 Å². The number of alkyl halides is 8. The van der Waals surface area contributed by atoms with E-state index >= 15 is 0 Å². The number of aromatic amines is 1. The molecule has 0 bridgehead atoms. The van der Waals surface area contributed by atoms with E-state index in [1.54, 1.807) is 5.10 Å². The molecule has 0 saturated carbocycles. The van der Waals surface area contributed by atoms with E-state index in [0.29, 0.717) is 0 Å². The average Bonchev–Trinajstić information content (AvgIpc) is 3.16. The molecule has 0 saturated heterocycles. The summed E-state index contributed by atoms with van der Waals surface area (Å²) >= 11 is 0. The van der Waals surface area contributed by atoms with E-state index in [-0.39, 0.29) is 17.0 Å². The van der Waals surface area contributed by atoms with Crippen molar-refractivity contribution in [3.8, 4) is 11.6 Å². The lowest BCUT2D eigenvalue weighted by atomic mass is 10.1. The highest BCUT2D eigenvalue weighted by Gasteiger charge is 2.56. The molecular formula is C14H9F8N5. The zero-order chi connectivity index (χ0) is 20.0. The van der Waals surface area contributed by atoms with Crippen LogP contribution in [-0.2, 0) is 12.6 Å². The number of aromatic nitrogens is 5. The number of rotatable bonds is 4. The van der Waals surface area contributed by atoms with Crippen molar-refractivity contribution in [1.82, 2.24) is 24.6 Å². The Bertz CT molecular complexity index is 952. The van der Waals surface area contributed by atoms with Crippen molar-refractivity contribution in [2.75, 3.05) is 0 Å². The molecule has 3 rings (SSSR count). The maximum absolute atomic E-state index is 13.2. The zero-order valence-corrected chi connectivity index (χ0v) is 13.0. The molecule has 0 atom stereocenters. The standard InChI is InChI=1S/C14H9F8N5/c15-12(16,14(20,21)22)5-4-7-8-3-1-2-6-27(8)10(23-7)9-24-11(26-25-9)13(17,18)19/h1-3,6H,4-5H2,(H,24,25,26). The van der Waals surface area contributed by atoms with E-state index < -0.39 is 42.8 Å². The van der Waals surface area contributed by atoms with Crippen LogP contribution in [0.3, 0.4) is 0 Å². The van der Waals surface area contributed by atoms with Crippen LogP contribution in [-0.4, -0.2) is 36.7 Å². The molecule has 0 unspecified atom stereocenters. The van der Waals surface area contributed by atoms with Crippen LogP contribution in [0.4, 0.5) is 35.1 Å². The Kier molecular flexibility index (Phi) is 4.35. The Balaban J connectivity index is 1.99. The van der Waals surface area contributed by atoms with Crippen molar-refractivity contribution in [2.45, 2.75) is 31.1 Å². The van der Waals surface area contributed by atoms with Crippen LogP contribution in [0.5, 0.6) is 0 Å². The maximum atomic E-state index is 13.2. The predicted octanol–water partition coefficient (Wildman–Crippen LogP) is 4.27. The van der Waals surface area contributed by atoms with Gasteiger partial charge in [-0.05, 0) is 18.6 Å². The zero-order valence-electron chi connectivity index (χ0n) is 13.0. The van der Waals surface area contributed by atoms with E-state index in [0.717, 1.165) is 0 Å². The van der Waals surface area contributed by atoms with E-state index in [9.17, 15) is 35.1 Å². The average molecular weight is 399 g/mol. The minimum Gasteiger partial charge on any atom is -0.297 e. The molecule has 0 aliphatic carbocycles. The van der Waals surface area contributed by atoms with Gasteiger partial charge >= 0.3 is 18.3 Å². The number of H-pyrrole nitrogens is 1. The molecule has 0 amide bonds. The maximum Gasteiger partial charge on any atom is 0.453 e. The molecule has 0 radical (unpaired) electrons. The fourth-order valence-electron chi connectivity index (χ4n) is 2.35. The Hall–Kier alpha value is -2.73. The first-order valence-electron chi connectivity index (χ1n) is 7.30. The molecule has 0 aliphatic rings. The van der Waals surface area contributed by atoms with Gasteiger partial charge in [0.2, 0.25) is 11.6 Å². The van der Waals surface area contributed by atoms with Gasteiger partial charge in [0.05, 0.1) is 11.2 Å². The van der Waals surface area contributed by atoms with Crippen LogP contribution in [0, 0.1) is 0 Å². The van der Waals surface area contributed by atoms with Crippen molar-refractivity contribution in [3.05, 3.63) is 35.9 Å². The minimum atomic E-state index is -5.71. The second-order valence-corrected chi connectivity index (χ2v) is 5.55. The number of nitrogens with zero attached hydrogens (tertiary/aromatic N) is 4. The molecule has 0 spiro atoms. The van der Waals surface area contributed by atoms with Gasteiger partial charge in [-0.3, -0.25) is 9.50 Å². The smallest absolute Gasteiger partial charge is 0.297 e. The first-order chi connectivity index (χ1) is 12.4. The molecule has 3 aromatic heterocycles. The van der Waals surface area contributed by atoms with Crippen molar-refractivity contribution in [2.24, 2.45) is 0 Å². The summed E-state index contributed by atoms with van der Waals surface area (Å²) in [4.78, 5) is 7.15. The predicted molar refractivity (Wildman–Crippen MR) is 74.9 cm³/mol. The van der Waals surface area contributed by atoms with Gasteiger partial charge < -0.3 is 0 Å². The van der Waals surface area contributed by atoms with Crippen molar-refractivity contribution >= 4 is 5.52 Å². The fourth-order valence-corrected chi connectivity index (χ4v) is 2.35. The molecule has 27 heavy (non-hydrogen) atoms. The third-order valence-electron chi connectivity index (χ3n) is 3.67. The van der Waals surface area contributed by atoms with Gasteiger partial charge in [0, 0.05) is 12.6 Å². The largest absolute Gasteiger partial charge is 0.453 e. The molecule has 0 aliphatic heterocycles. The lowest BCUT2D eigenvalue weighted by Gasteiger charge is -2.18. The number of nitrogens with one attached hydrogen (secondary N) is 1. The van der Waals surface area contributed by atoms with E-state index in [1.807, 2.05) is 0 Å². The van der Waals surface area contributed by atoms with Gasteiger partial charge in [-0.15, -0.1) is 5.10 Å². The second-order valence-electron chi connectivity index (χ2n) is 5.55. The molecule has 3 aromatic rings. The topological polar surface area (TPSA) is 58.9 Å².